The zero-order valence-electron chi connectivity index (χ0n) is 16.3. The van der Waals surface area contributed by atoms with Crippen molar-refractivity contribution in [1.29, 1.82) is 0 Å². The lowest BCUT2D eigenvalue weighted by Gasteiger charge is -2.17. The van der Waals surface area contributed by atoms with Crippen molar-refractivity contribution in [2.24, 2.45) is 0 Å². The van der Waals surface area contributed by atoms with Gasteiger partial charge in [0.2, 0.25) is 16.0 Å². The number of sulfonamides is 1. The molecule has 0 spiro atoms. The Labute approximate surface area is 169 Å². The molecular formula is C19H24N6O3S. The van der Waals surface area contributed by atoms with Crippen LogP contribution in [0.1, 0.15) is 24.2 Å². The zero-order valence-corrected chi connectivity index (χ0v) is 17.1. The molecule has 2 N–H and O–H groups in total. The summed E-state index contributed by atoms with van der Waals surface area (Å²) in [7, 11) is -3.54. The van der Waals surface area contributed by atoms with E-state index in [0.29, 0.717) is 29.2 Å². The van der Waals surface area contributed by atoms with Crippen LogP contribution in [0.15, 0.2) is 34.9 Å². The van der Waals surface area contributed by atoms with Gasteiger partial charge in [-0.15, -0.1) is 0 Å². The second kappa shape index (κ2) is 8.34. The predicted molar refractivity (Wildman–Crippen MR) is 111 cm³/mol. The number of anilines is 2. The molecule has 0 radical (unpaired) electrons. The van der Waals surface area contributed by atoms with Crippen molar-refractivity contribution < 1.29 is 12.9 Å². The van der Waals surface area contributed by atoms with E-state index in [4.69, 9.17) is 4.52 Å². The number of para-hydroxylation sites is 1. The van der Waals surface area contributed by atoms with Gasteiger partial charge in [0, 0.05) is 43.3 Å². The average Bonchev–Trinajstić information content (AvgIpc) is 3.36. The van der Waals surface area contributed by atoms with E-state index in [1.807, 2.05) is 25.1 Å². The van der Waals surface area contributed by atoms with Crippen molar-refractivity contribution in [3.8, 4) is 0 Å². The molecule has 9 nitrogen and oxygen atoms in total. The summed E-state index contributed by atoms with van der Waals surface area (Å²) in [5, 5.41) is 7.69. The number of nitrogens with zero attached hydrogens (tertiary/aromatic N) is 4. The fourth-order valence-electron chi connectivity index (χ4n) is 3.39. The predicted octanol–water partition coefficient (Wildman–Crippen LogP) is 2.06. The van der Waals surface area contributed by atoms with Crippen LogP contribution < -0.4 is 14.9 Å². The molecule has 0 unspecified atom stereocenters. The summed E-state index contributed by atoms with van der Waals surface area (Å²) in [4.78, 5) is 11.2. The Morgan fingerprint density at radius 1 is 1.14 bits per heavy atom. The van der Waals surface area contributed by atoms with Crippen molar-refractivity contribution >= 4 is 32.8 Å². The Morgan fingerprint density at radius 3 is 2.76 bits per heavy atom. The molecule has 1 aliphatic rings. The van der Waals surface area contributed by atoms with Crippen LogP contribution >= 0.6 is 0 Å². The Balaban J connectivity index is 1.32. The SMILES string of the molecule is Cc1cc(N2CCCC2)nc(NCCNS(=O)(=O)Cc2noc3ccccc23)n1. The minimum Gasteiger partial charge on any atom is -0.356 e. The second-order valence-corrected chi connectivity index (χ2v) is 8.90. The van der Waals surface area contributed by atoms with E-state index in [1.165, 1.54) is 12.8 Å². The molecule has 154 valence electrons. The van der Waals surface area contributed by atoms with E-state index in [9.17, 15) is 8.42 Å². The standard InChI is InChI=1S/C19H24N6O3S/c1-14-12-18(25-10-4-5-11-25)23-19(22-14)20-8-9-21-29(26,27)13-16-15-6-2-3-7-17(15)28-24-16/h2-3,6-7,12,21H,4-5,8-11,13H2,1H3,(H,20,22,23). The van der Waals surface area contributed by atoms with Gasteiger partial charge in [-0.25, -0.2) is 18.1 Å². The highest BCUT2D eigenvalue weighted by atomic mass is 32.2. The molecule has 1 saturated heterocycles. The minimum atomic E-state index is -3.54. The lowest BCUT2D eigenvalue weighted by atomic mass is 10.2. The van der Waals surface area contributed by atoms with Crippen molar-refractivity contribution in [3.05, 3.63) is 41.7 Å². The summed E-state index contributed by atoms with van der Waals surface area (Å²) in [6, 6.07) is 9.17. The summed E-state index contributed by atoms with van der Waals surface area (Å²) in [5.41, 5.74) is 1.85. The van der Waals surface area contributed by atoms with E-state index >= 15 is 0 Å². The average molecular weight is 417 g/mol. The molecule has 0 bridgehead atoms. The second-order valence-electron chi connectivity index (χ2n) is 7.09. The molecule has 4 rings (SSSR count). The van der Waals surface area contributed by atoms with Gasteiger partial charge in [-0.1, -0.05) is 17.3 Å². The highest BCUT2D eigenvalue weighted by molar-refractivity contribution is 7.88. The van der Waals surface area contributed by atoms with Crippen molar-refractivity contribution in [2.75, 3.05) is 36.4 Å². The maximum Gasteiger partial charge on any atom is 0.224 e. The zero-order chi connectivity index (χ0) is 20.3. The number of benzene rings is 1. The van der Waals surface area contributed by atoms with Crippen molar-refractivity contribution in [1.82, 2.24) is 19.8 Å². The van der Waals surface area contributed by atoms with Gasteiger partial charge in [0.1, 0.15) is 17.3 Å². The first-order valence-corrected chi connectivity index (χ1v) is 11.3. The Bertz CT molecular complexity index is 1090. The van der Waals surface area contributed by atoms with E-state index in [-0.39, 0.29) is 12.3 Å². The largest absolute Gasteiger partial charge is 0.356 e. The molecule has 3 aromatic rings. The van der Waals surface area contributed by atoms with E-state index in [1.54, 1.807) is 12.1 Å². The summed E-state index contributed by atoms with van der Waals surface area (Å²) in [6.07, 6.45) is 2.35. The summed E-state index contributed by atoms with van der Waals surface area (Å²) >= 11 is 0. The molecule has 0 amide bonds. The Morgan fingerprint density at radius 2 is 1.93 bits per heavy atom. The molecular weight excluding hydrogens is 392 g/mol. The van der Waals surface area contributed by atoms with Crippen LogP contribution in [0.5, 0.6) is 0 Å². The lowest BCUT2D eigenvalue weighted by Crippen LogP contribution is -2.30. The van der Waals surface area contributed by atoms with Crippen LogP contribution in [0.4, 0.5) is 11.8 Å². The molecule has 29 heavy (non-hydrogen) atoms. The van der Waals surface area contributed by atoms with Crippen molar-refractivity contribution in [3.63, 3.8) is 0 Å². The van der Waals surface area contributed by atoms with Crippen LogP contribution in [0.25, 0.3) is 11.0 Å². The molecule has 2 aromatic heterocycles. The molecule has 0 saturated carbocycles. The fraction of sp³-hybridized carbons (Fsp3) is 0.421. The van der Waals surface area contributed by atoms with Gasteiger partial charge < -0.3 is 14.7 Å². The van der Waals surface area contributed by atoms with E-state index in [2.05, 4.69) is 30.1 Å². The molecule has 0 atom stereocenters. The smallest absolute Gasteiger partial charge is 0.224 e. The monoisotopic (exact) mass is 416 g/mol. The summed E-state index contributed by atoms with van der Waals surface area (Å²) in [5.74, 6) is 1.19. The Kier molecular flexibility index (Phi) is 5.63. The van der Waals surface area contributed by atoms with Gasteiger partial charge in [-0.3, -0.25) is 0 Å². The molecule has 0 aliphatic carbocycles. The molecule has 10 heteroatoms. The lowest BCUT2D eigenvalue weighted by molar-refractivity contribution is 0.448. The van der Waals surface area contributed by atoms with Crippen molar-refractivity contribution in [2.45, 2.75) is 25.5 Å². The van der Waals surface area contributed by atoms with Gasteiger partial charge >= 0.3 is 0 Å². The third-order valence-electron chi connectivity index (χ3n) is 4.78. The van der Waals surface area contributed by atoms with E-state index < -0.39 is 10.0 Å². The number of aryl methyl sites for hydroxylation is 1. The molecule has 1 fully saturated rings. The first-order chi connectivity index (χ1) is 14.0. The number of fused-ring (bicyclic) bond motifs is 1. The summed E-state index contributed by atoms with van der Waals surface area (Å²) < 4.78 is 32.5. The number of hydrogen-bond acceptors (Lipinski definition) is 8. The van der Waals surface area contributed by atoms with Gasteiger partial charge in [-0.2, -0.15) is 4.98 Å². The summed E-state index contributed by atoms with van der Waals surface area (Å²) in [6.45, 7) is 4.53. The van der Waals surface area contributed by atoms with Crippen LogP contribution in [0, 0.1) is 6.92 Å². The third-order valence-corrected chi connectivity index (χ3v) is 6.08. The van der Waals surface area contributed by atoms with Gasteiger partial charge in [-0.05, 0) is 31.9 Å². The fourth-order valence-corrected chi connectivity index (χ4v) is 4.48. The van der Waals surface area contributed by atoms with Gasteiger partial charge in [0.15, 0.2) is 5.58 Å². The number of hydrogen-bond donors (Lipinski definition) is 2. The topological polar surface area (TPSA) is 113 Å². The maximum absolute atomic E-state index is 12.4. The van der Waals surface area contributed by atoms with E-state index in [0.717, 1.165) is 24.6 Å². The normalized spacial score (nSPS) is 14.6. The molecule has 1 aliphatic heterocycles. The number of nitrogens with one attached hydrogen (secondary N) is 2. The molecule has 3 heterocycles. The highest BCUT2D eigenvalue weighted by Crippen LogP contribution is 2.20. The van der Waals surface area contributed by atoms with Crippen LogP contribution in [-0.2, 0) is 15.8 Å². The Hall–Kier alpha value is -2.72. The van der Waals surface area contributed by atoms with Crippen LogP contribution in [0.3, 0.4) is 0 Å². The maximum atomic E-state index is 12.4. The highest BCUT2D eigenvalue weighted by Gasteiger charge is 2.17. The number of aromatic nitrogens is 3. The van der Waals surface area contributed by atoms with Crippen LogP contribution in [-0.4, -0.2) is 49.7 Å². The first kappa shape index (κ1) is 19.6. The number of rotatable bonds is 8. The minimum absolute atomic E-state index is 0.217. The van der Waals surface area contributed by atoms with Gasteiger partial charge in [0.25, 0.3) is 0 Å². The quantitative estimate of drug-likeness (QED) is 0.537. The van der Waals surface area contributed by atoms with Gasteiger partial charge in [0.05, 0.1) is 0 Å². The third kappa shape index (κ3) is 4.83. The first-order valence-electron chi connectivity index (χ1n) is 9.65. The molecule has 1 aromatic carbocycles. The van der Waals surface area contributed by atoms with Crippen LogP contribution in [0.2, 0.25) is 0 Å².